The zero-order chi connectivity index (χ0) is 15.2. The minimum atomic E-state index is 0.0355. The van der Waals surface area contributed by atoms with Crippen molar-refractivity contribution in [3.8, 4) is 0 Å². The van der Waals surface area contributed by atoms with Gasteiger partial charge in [0.1, 0.15) is 0 Å². The van der Waals surface area contributed by atoms with Crippen LogP contribution >= 0.6 is 0 Å². The number of carbonyl (C=O) groups excluding carboxylic acids is 1. The predicted octanol–water partition coefficient (Wildman–Crippen LogP) is 3.56. The van der Waals surface area contributed by atoms with E-state index in [1.54, 1.807) is 5.12 Å². The van der Waals surface area contributed by atoms with Crippen LogP contribution in [0.4, 0.5) is 0 Å². The van der Waals surface area contributed by atoms with Crippen molar-refractivity contribution in [2.24, 2.45) is 0 Å². The number of unbranched alkanes of at least 4 members (excludes halogenated alkanes) is 4. The largest absolute Gasteiger partial charge is 0.278 e. The molecule has 0 saturated carbocycles. The first-order valence-electron chi connectivity index (χ1n) is 8.15. The van der Waals surface area contributed by atoms with Crippen LogP contribution in [0, 0.1) is 0 Å². The second-order valence-electron chi connectivity index (χ2n) is 5.19. The van der Waals surface area contributed by atoms with Gasteiger partial charge in [-0.1, -0.05) is 52.5 Å². The Balaban J connectivity index is 4.39. The molecule has 0 aliphatic heterocycles. The number of hydrogen-bond acceptors (Lipinski definition) is 3. The van der Waals surface area contributed by atoms with E-state index in [4.69, 9.17) is 0 Å². The van der Waals surface area contributed by atoms with E-state index in [0.29, 0.717) is 0 Å². The number of hydrogen-bond donors (Lipinski definition) is 2. The van der Waals surface area contributed by atoms with Gasteiger partial charge in [-0.3, -0.25) is 4.79 Å². The standard InChI is InChI=1S/C16H33N3O/c1-5-8-11-12-15(4)16(20)19(17-13-9-6-2)18-14-10-7-3/h12,17-18H,5-11,13-14H2,1-4H3. The SMILES string of the molecule is CCCCC=C(C)C(=O)N(NCCCC)NCCCC. The molecule has 1 amide bonds. The first kappa shape index (κ1) is 19.1. The second kappa shape index (κ2) is 13.1. The molecule has 0 bridgehead atoms. The predicted molar refractivity (Wildman–Crippen MR) is 85.9 cm³/mol. The Labute approximate surface area is 124 Å². The molecule has 20 heavy (non-hydrogen) atoms. The Morgan fingerprint density at radius 1 is 0.950 bits per heavy atom. The average Bonchev–Trinajstić information content (AvgIpc) is 2.45. The van der Waals surface area contributed by atoms with E-state index in [0.717, 1.165) is 63.6 Å². The van der Waals surface area contributed by atoms with Gasteiger partial charge in [-0.2, -0.15) is 0 Å². The third-order valence-corrected chi connectivity index (χ3v) is 3.15. The number of rotatable bonds is 12. The Kier molecular flexibility index (Phi) is 12.6. The maximum atomic E-state index is 12.4. The molecule has 4 nitrogen and oxygen atoms in total. The summed E-state index contributed by atoms with van der Waals surface area (Å²) in [4.78, 5) is 12.4. The van der Waals surface area contributed by atoms with E-state index in [1.165, 1.54) is 0 Å². The maximum absolute atomic E-state index is 12.4. The molecule has 0 unspecified atom stereocenters. The van der Waals surface area contributed by atoms with Crippen LogP contribution in [0.5, 0.6) is 0 Å². The molecule has 0 radical (unpaired) electrons. The molecule has 0 aliphatic rings. The number of allylic oxidation sites excluding steroid dienone is 1. The summed E-state index contributed by atoms with van der Waals surface area (Å²) in [6, 6.07) is 0. The fourth-order valence-corrected chi connectivity index (χ4v) is 1.72. The van der Waals surface area contributed by atoms with Gasteiger partial charge in [-0.15, -0.1) is 0 Å². The maximum Gasteiger partial charge on any atom is 0.278 e. The summed E-state index contributed by atoms with van der Waals surface area (Å²) in [6.07, 6.45) is 9.69. The highest BCUT2D eigenvalue weighted by atomic mass is 16.2. The van der Waals surface area contributed by atoms with E-state index in [2.05, 4.69) is 31.6 Å². The number of nitrogens with one attached hydrogen (secondary N) is 2. The molecular formula is C16H33N3O. The van der Waals surface area contributed by atoms with Crippen LogP contribution in [0.25, 0.3) is 0 Å². The lowest BCUT2D eigenvalue weighted by molar-refractivity contribution is -0.134. The van der Waals surface area contributed by atoms with Gasteiger partial charge in [0.15, 0.2) is 0 Å². The molecule has 0 aromatic heterocycles. The Morgan fingerprint density at radius 2 is 1.45 bits per heavy atom. The third-order valence-electron chi connectivity index (χ3n) is 3.15. The van der Waals surface area contributed by atoms with Gasteiger partial charge < -0.3 is 0 Å². The lowest BCUT2D eigenvalue weighted by Crippen LogP contribution is -2.52. The number of amides is 1. The average molecular weight is 283 g/mol. The lowest BCUT2D eigenvalue weighted by atomic mass is 10.2. The molecule has 0 spiro atoms. The summed E-state index contributed by atoms with van der Waals surface area (Å²) in [5, 5.41) is 1.57. The van der Waals surface area contributed by atoms with E-state index in [1.807, 2.05) is 13.0 Å². The molecule has 0 aliphatic carbocycles. The Morgan fingerprint density at radius 3 is 1.90 bits per heavy atom. The van der Waals surface area contributed by atoms with Crippen molar-refractivity contribution in [2.45, 2.75) is 72.6 Å². The third kappa shape index (κ3) is 9.10. The first-order chi connectivity index (χ1) is 9.67. The topological polar surface area (TPSA) is 44.4 Å². The van der Waals surface area contributed by atoms with Gasteiger partial charge in [0.05, 0.1) is 0 Å². The summed E-state index contributed by atoms with van der Waals surface area (Å²) in [6.45, 7) is 10.00. The fourth-order valence-electron chi connectivity index (χ4n) is 1.72. The first-order valence-corrected chi connectivity index (χ1v) is 8.15. The molecule has 0 atom stereocenters. The molecule has 0 rings (SSSR count). The zero-order valence-corrected chi connectivity index (χ0v) is 13.8. The summed E-state index contributed by atoms with van der Waals surface area (Å²) < 4.78 is 0. The van der Waals surface area contributed by atoms with E-state index in [9.17, 15) is 4.79 Å². The van der Waals surface area contributed by atoms with E-state index >= 15 is 0 Å². The smallest absolute Gasteiger partial charge is 0.267 e. The van der Waals surface area contributed by atoms with Gasteiger partial charge >= 0.3 is 0 Å². The second-order valence-corrected chi connectivity index (χ2v) is 5.19. The van der Waals surface area contributed by atoms with Crippen molar-refractivity contribution < 1.29 is 4.79 Å². The normalized spacial score (nSPS) is 11.7. The minimum absolute atomic E-state index is 0.0355. The molecule has 0 aromatic rings. The van der Waals surface area contributed by atoms with Gasteiger partial charge in [0.2, 0.25) is 0 Å². The number of hydrazine groups is 2. The van der Waals surface area contributed by atoms with Crippen molar-refractivity contribution in [3.05, 3.63) is 11.6 Å². The van der Waals surface area contributed by atoms with Crippen LogP contribution < -0.4 is 10.9 Å². The summed E-state index contributed by atoms with van der Waals surface area (Å²) >= 11 is 0. The summed E-state index contributed by atoms with van der Waals surface area (Å²) in [7, 11) is 0. The van der Waals surface area contributed by atoms with Crippen LogP contribution in [0.1, 0.15) is 72.6 Å². The Hall–Kier alpha value is -0.870. The molecule has 0 heterocycles. The van der Waals surface area contributed by atoms with Crippen molar-refractivity contribution in [1.29, 1.82) is 0 Å². The van der Waals surface area contributed by atoms with E-state index < -0.39 is 0 Å². The van der Waals surface area contributed by atoms with Crippen molar-refractivity contribution >= 4 is 5.91 Å². The molecule has 0 fully saturated rings. The molecule has 4 heteroatoms. The van der Waals surface area contributed by atoms with Crippen LogP contribution in [0.15, 0.2) is 11.6 Å². The summed E-state index contributed by atoms with van der Waals surface area (Å²) in [5.74, 6) is 0.0355. The van der Waals surface area contributed by atoms with Crippen molar-refractivity contribution in [1.82, 2.24) is 16.0 Å². The molecule has 0 saturated heterocycles. The quantitative estimate of drug-likeness (QED) is 0.327. The van der Waals surface area contributed by atoms with Crippen LogP contribution in [0.3, 0.4) is 0 Å². The summed E-state index contributed by atoms with van der Waals surface area (Å²) in [5.41, 5.74) is 7.18. The molecule has 118 valence electrons. The number of carbonyl (C=O) groups is 1. The van der Waals surface area contributed by atoms with Crippen molar-refractivity contribution in [3.63, 3.8) is 0 Å². The highest BCUT2D eigenvalue weighted by Crippen LogP contribution is 2.03. The fraction of sp³-hybridized carbons (Fsp3) is 0.812. The van der Waals surface area contributed by atoms with Gasteiger partial charge in [-0.05, 0) is 26.2 Å². The Bertz CT molecular complexity index is 267. The molecule has 2 N–H and O–H groups in total. The molecule has 0 aromatic carbocycles. The highest BCUT2D eigenvalue weighted by molar-refractivity contribution is 5.92. The van der Waals surface area contributed by atoms with E-state index in [-0.39, 0.29) is 5.91 Å². The molecular weight excluding hydrogens is 250 g/mol. The highest BCUT2D eigenvalue weighted by Gasteiger charge is 2.13. The lowest BCUT2D eigenvalue weighted by Gasteiger charge is -2.24. The number of nitrogens with zero attached hydrogens (tertiary/aromatic N) is 1. The zero-order valence-electron chi connectivity index (χ0n) is 13.8. The van der Waals surface area contributed by atoms with Crippen molar-refractivity contribution in [2.75, 3.05) is 13.1 Å². The van der Waals surface area contributed by atoms with Gasteiger partial charge in [0, 0.05) is 18.7 Å². The van der Waals surface area contributed by atoms with Crippen LogP contribution in [-0.4, -0.2) is 24.1 Å². The monoisotopic (exact) mass is 283 g/mol. The van der Waals surface area contributed by atoms with Gasteiger partial charge in [0.25, 0.3) is 5.91 Å². The van der Waals surface area contributed by atoms with Crippen LogP contribution in [0.2, 0.25) is 0 Å². The van der Waals surface area contributed by atoms with Crippen LogP contribution in [-0.2, 0) is 4.79 Å². The van der Waals surface area contributed by atoms with Gasteiger partial charge in [-0.25, -0.2) is 16.0 Å². The minimum Gasteiger partial charge on any atom is -0.267 e.